The van der Waals surface area contributed by atoms with Gasteiger partial charge in [0.25, 0.3) is 0 Å². The van der Waals surface area contributed by atoms with E-state index in [-0.39, 0.29) is 0 Å². The van der Waals surface area contributed by atoms with Gasteiger partial charge in [-0.05, 0) is 58.2 Å². The average Bonchev–Trinajstić information content (AvgIpc) is 2.81. The van der Waals surface area contributed by atoms with Crippen LogP contribution in [-0.4, -0.2) is 24.7 Å². The highest BCUT2D eigenvalue weighted by Gasteiger charge is 2.16. The lowest BCUT2D eigenvalue weighted by Gasteiger charge is -2.24. The average molecular weight is 278 g/mol. The molecule has 0 radical (unpaired) electrons. The lowest BCUT2D eigenvalue weighted by atomic mass is 10.0. The Balaban J connectivity index is 1.63. The third-order valence-corrected chi connectivity index (χ3v) is 4.27. The second kappa shape index (κ2) is 8.48. The summed E-state index contributed by atoms with van der Waals surface area (Å²) < 4.78 is 5.39. The second-order valence-corrected chi connectivity index (χ2v) is 6.32. The van der Waals surface area contributed by atoms with Gasteiger partial charge in [0.1, 0.15) is 5.76 Å². The van der Waals surface area contributed by atoms with Gasteiger partial charge < -0.3 is 15.1 Å². The Bertz CT molecular complexity index is 342. The first-order valence-corrected chi connectivity index (χ1v) is 8.26. The summed E-state index contributed by atoms with van der Waals surface area (Å²) in [4.78, 5) is 0. The number of furan rings is 1. The first-order valence-electron chi connectivity index (χ1n) is 8.26. The maximum atomic E-state index is 5.39. The molecular weight excluding hydrogens is 248 g/mol. The number of hydrogen-bond donors (Lipinski definition) is 2. The van der Waals surface area contributed by atoms with Crippen molar-refractivity contribution in [1.29, 1.82) is 0 Å². The molecule has 1 aliphatic heterocycles. The minimum absolute atomic E-state index is 0.542. The predicted molar refractivity (Wildman–Crippen MR) is 84.0 cm³/mol. The van der Waals surface area contributed by atoms with Gasteiger partial charge in [0.2, 0.25) is 0 Å². The molecule has 114 valence electrons. The minimum Gasteiger partial charge on any atom is -0.469 e. The van der Waals surface area contributed by atoms with Crippen molar-refractivity contribution < 1.29 is 4.42 Å². The number of hydrogen-bond acceptors (Lipinski definition) is 3. The Morgan fingerprint density at radius 1 is 1.30 bits per heavy atom. The van der Waals surface area contributed by atoms with Crippen molar-refractivity contribution in [3.8, 4) is 0 Å². The van der Waals surface area contributed by atoms with Crippen LogP contribution in [0.1, 0.15) is 58.1 Å². The smallest absolute Gasteiger partial charge is 0.103 e. The van der Waals surface area contributed by atoms with Crippen LogP contribution in [0.5, 0.6) is 0 Å². The van der Waals surface area contributed by atoms with Gasteiger partial charge in [-0.2, -0.15) is 0 Å². The molecule has 0 amide bonds. The fourth-order valence-corrected chi connectivity index (χ4v) is 3.18. The topological polar surface area (TPSA) is 37.2 Å². The van der Waals surface area contributed by atoms with Gasteiger partial charge in [0, 0.05) is 24.5 Å². The molecule has 3 heteroatoms. The van der Waals surface area contributed by atoms with Crippen LogP contribution in [0.2, 0.25) is 0 Å². The van der Waals surface area contributed by atoms with Gasteiger partial charge in [0.05, 0.1) is 6.26 Å². The molecule has 0 aromatic carbocycles. The largest absolute Gasteiger partial charge is 0.469 e. The Morgan fingerprint density at radius 3 is 3.00 bits per heavy atom. The molecule has 3 unspecified atom stereocenters. The molecule has 0 spiro atoms. The van der Waals surface area contributed by atoms with E-state index < -0.39 is 0 Å². The maximum absolute atomic E-state index is 5.39. The maximum Gasteiger partial charge on any atom is 0.103 e. The summed E-state index contributed by atoms with van der Waals surface area (Å²) in [5.41, 5.74) is 0. The summed E-state index contributed by atoms with van der Waals surface area (Å²) in [6, 6.07) is 5.86. The highest BCUT2D eigenvalue weighted by molar-refractivity contribution is 4.98. The highest BCUT2D eigenvalue weighted by Crippen LogP contribution is 2.13. The molecule has 1 aliphatic rings. The highest BCUT2D eigenvalue weighted by atomic mass is 16.3. The first-order chi connectivity index (χ1) is 9.74. The lowest BCUT2D eigenvalue weighted by Crippen LogP contribution is -2.40. The van der Waals surface area contributed by atoms with Crippen LogP contribution in [0, 0.1) is 0 Å². The molecule has 2 N–H and O–H groups in total. The summed E-state index contributed by atoms with van der Waals surface area (Å²) in [7, 11) is 0. The van der Waals surface area contributed by atoms with E-state index in [4.69, 9.17) is 4.42 Å². The van der Waals surface area contributed by atoms with Crippen LogP contribution in [0.25, 0.3) is 0 Å². The molecule has 3 nitrogen and oxygen atoms in total. The van der Waals surface area contributed by atoms with Gasteiger partial charge in [0.15, 0.2) is 0 Å². The van der Waals surface area contributed by atoms with Gasteiger partial charge in [-0.3, -0.25) is 0 Å². The quantitative estimate of drug-likeness (QED) is 0.801. The fourth-order valence-electron chi connectivity index (χ4n) is 3.18. The Hall–Kier alpha value is -0.800. The van der Waals surface area contributed by atoms with Crippen molar-refractivity contribution in [3.05, 3.63) is 24.2 Å². The summed E-state index contributed by atoms with van der Waals surface area (Å²) in [6.07, 6.45) is 10.6. The Labute approximate surface area is 123 Å². The van der Waals surface area contributed by atoms with Gasteiger partial charge in [-0.1, -0.05) is 12.8 Å². The van der Waals surface area contributed by atoms with Gasteiger partial charge >= 0.3 is 0 Å². The molecular formula is C17H30N2O. The summed E-state index contributed by atoms with van der Waals surface area (Å²) in [5, 5.41) is 7.41. The van der Waals surface area contributed by atoms with Crippen LogP contribution in [0.3, 0.4) is 0 Å². The summed E-state index contributed by atoms with van der Waals surface area (Å²) in [6.45, 7) is 5.79. The molecule has 1 aromatic heterocycles. The monoisotopic (exact) mass is 278 g/mol. The summed E-state index contributed by atoms with van der Waals surface area (Å²) in [5.74, 6) is 1.09. The zero-order valence-electron chi connectivity index (χ0n) is 13.0. The molecule has 0 bridgehead atoms. The van der Waals surface area contributed by atoms with Crippen LogP contribution in [0.15, 0.2) is 22.8 Å². The van der Waals surface area contributed by atoms with Crippen molar-refractivity contribution in [2.24, 2.45) is 0 Å². The Kier molecular flexibility index (Phi) is 6.61. The van der Waals surface area contributed by atoms with Gasteiger partial charge in [-0.15, -0.1) is 0 Å². The van der Waals surface area contributed by atoms with E-state index >= 15 is 0 Å². The fraction of sp³-hybridized carbons (Fsp3) is 0.765. The van der Waals surface area contributed by atoms with Crippen LogP contribution >= 0.6 is 0 Å². The molecule has 2 heterocycles. The van der Waals surface area contributed by atoms with E-state index in [1.165, 1.54) is 38.6 Å². The van der Waals surface area contributed by atoms with E-state index in [0.717, 1.165) is 18.6 Å². The van der Waals surface area contributed by atoms with E-state index in [2.05, 4.69) is 30.5 Å². The minimum atomic E-state index is 0.542. The lowest BCUT2D eigenvalue weighted by molar-refractivity contribution is 0.365. The van der Waals surface area contributed by atoms with Crippen molar-refractivity contribution in [2.75, 3.05) is 6.54 Å². The van der Waals surface area contributed by atoms with E-state index in [1.54, 1.807) is 6.26 Å². The standard InChI is InChI=1S/C17H30N2O/c1-14(9-10-17-8-6-12-20-17)19-15(2)13-16-7-4-3-5-11-18-16/h6,8,12,14-16,18-19H,3-5,7,9-11,13H2,1-2H3. The third-order valence-electron chi connectivity index (χ3n) is 4.27. The Morgan fingerprint density at radius 2 is 2.20 bits per heavy atom. The van der Waals surface area contributed by atoms with Crippen molar-refractivity contribution in [1.82, 2.24) is 10.6 Å². The van der Waals surface area contributed by atoms with E-state index in [9.17, 15) is 0 Å². The molecule has 20 heavy (non-hydrogen) atoms. The zero-order chi connectivity index (χ0) is 14.2. The van der Waals surface area contributed by atoms with E-state index in [1.807, 2.05) is 6.07 Å². The van der Waals surface area contributed by atoms with Crippen LogP contribution in [-0.2, 0) is 6.42 Å². The molecule has 0 saturated carbocycles. The molecule has 1 saturated heterocycles. The van der Waals surface area contributed by atoms with Crippen LogP contribution in [0.4, 0.5) is 0 Å². The predicted octanol–water partition coefficient (Wildman–Crippen LogP) is 3.50. The van der Waals surface area contributed by atoms with Crippen molar-refractivity contribution in [2.45, 2.75) is 76.9 Å². The second-order valence-electron chi connectivity index (χ2n) is 6.32. The third kappa shape index (κ3) is 5.68. The SMILES string of the molecule is CC(CCc1ccco1)NC(C)CC1CCCCCN1. The number of aryl methyl sites for hydroxylation is 1. The van der Waals surface area contributed by atoms with E-state index in [0.29, 0.717) is 18.1 Å². The van der Waals surface area contributed by atoms with Crippen LogP contribution < -0.4 is 10.6 Å². The summed E-state index contributed by atoms with van der Waals surface area (Å²) >= 11 is 0. The first kappa shape index (κ1) is 15.6. The van der Waals surface area contributed by atoms with Crippen molar-refractivity contribution in [3.63, 3.8) is 0 Å². The van der Waals surface area contributed by atoms with Gasteiger partial charge in [-0.25, -0.2) is 0 Å². The molecule has 1 fully saturated rings. The molecule has 3 atom stereocenters. The molecule has 0 aliphatic carbocycles. The number of rotatable bonds is 7. The van der Waals surface area contributed by atoms with Crippen molar-refractivity contribution >= 4 is 0 Å². The zero-order valence-corrected chi connectivity index (χ0v) is 13.0. The normalized spacial score (nSPS) is 23.2. The number of nitrogens with one attached hydrogen (secondary N) is 2. The molecule has 2 rings (SSSR count). The molecule has 1 aromatic rings.